The lowest BCUT2D eigenvalue weighted by Crippen LogP contribution is -2.71. The number of nitrogens with one attached hydrogen (secondary N) is 5. The van der Waals surface area contributed by atoms with Crippen LogP contribution in [0.15, 0.2) is 0 Å². The van der Waals surface area contributed by atoms with Crippen LogP contribution in [0.2, 0.25) is 0 Å². The molecule has 0 unspecified atom stereocenters. The van der Waals surface area contributed by atoms with Gasteiger partial charge in [0.2, 0.25) is 29.5 Å². The SMILES string of the molecule is CC(=O)N[C@H]1[C@H](O[C@H]2[C@@H](O)[C@@H](CO)O[C@@H](O[C@H]3[C@H](O[C@@H]4O[C@@H](C)[C@@H](O)[C@@H](O)[C@@H]4O)[C@@H](NC(C)=O)[C@H](OC[C@@H](O)[C@H](O)[C@H](O[C@@H]4O[C@H](CO)[C@H](O)[C@H](O[C@]5(C(=O)O)C[C@H](O)[C@@H](NC(C)=O)[C@H]([C@H](O)[C@H](O)CO)O5)[C@H]4O)[C@H](CO)NC(C)=O)O[C@@H]3CO)[C@@H]2O)O[C@H](CO)[C@@H](O[C@@H]2O[C@H](CO)[C@H](O)[C@H](O[C@@H]3O[C@H](CO)[C@@H](O[C@@H]4O[C@@H](C)[C@@H](O)[C@@H](O)[C@@H]4O)[C@H](O[C@@H]4O[C@H](CO)[C@H](O)[C@H](O)[C@H]4O)[C@H]3NC(C)=O)[C@H]2O)[C@@H]1O. The van der Waals surface area contributed by atoms with E-state index in [1.165, 1.54) is 13.8 Å². The second-order valence-electron chi connectivity index (χ2n) is 35.7. The average molecular weight is 2060 g/mol. The summed E-state index contributed by atoms with van der Waals surface area (Å²) in [6, 6.07) is -9.86. The molecule has 0 bridgehead atoms. The molecule has 10 heterocycles. The van der Waals surface area contributed by atoms with E-state index in [1.54, 1.807) is 0 Å². The number of carbonyl (C=O) groups excluding carboxylic acids is 5. The first-order chi connectivity index (χ1) is 66.4. The molecule has 10 fully saturated rings. The molecule has 62 heteroatoms. The third-order valence-corrected chi connectivity index (χ3v) is 25.5. The summed E-state index contributed by atoms with van der Waals surface area (Å²) in [6.07, 6.45) is -107. The zero-order valence-corrected chi connectivity index (χ0v) is 76.4. The fourth-order valence-corrected chi connectivity index (χ4v) is 18.0. The Bertz CT molecular complexity index is 3930. The number of ether oxygens (including phenoxy) is 20. The molecule has 0 aromatic heterocycles. The molecule has 141 heavy (non-hydrogen) atoms. The van der Waals surface area contributed by atoms with Crippen molar-refractivity contribution >= 4 is 35.5 Å². The number of carboxylic acid groups (broad SMARTS) is 1. The van der Waals surface area contributed by atoms with Gasteiger partial charge in [0.1, 0.15) is 244 Å². The van der Waals surface area contributed by atoms with Gasteiger partial charge in [0.25, 0.3) is 5.79 Å². The Morgan fingerprint density at radius 3 is 1.09 bits per heavy atom. The van der Waals surface area contributed by atoms with Crippen molar-refractivity contribution in [1.82, 2.24) is 26.6 Å². The van der Waals surface area contributed by atoms with Crippen LogP contribution in [-0.2, 0) is 124 Å². The Hall–Kier alpha value is -5.18. The predicted octanol–water partition coefficient (Wildman–Crippen LogP) is -23.4. The van der Waals surface area contributed by atoms with Gasteiger partial charge in [-0.15, -0.1) is 0 Å². The lowest BCUT2D eigenvalue weighted by molar-refractivity contribution is -0.394. The Kier molecular flexibility index (Phi) is 42.9. The molecule has 0 aromatic carbocycles. The molecule has 0 aliphatic carbocycles. The van der Waals surface area contributed by atoms with Gasteiger partial charge in [-0.25, -0.2) is 4.79 Å². The summed E-state index contributed by atoms with van der Waals surface area (Å²) in [6.45, 7) is -5.38. The van der Waals surface area contributed by atoms with Crippen LogP contribution in [0.1, 0.15) is 54.9 Å². The van der Waals surface area contributed by atoms with Gasteiger partial charge in [-0.2, -0.15) is 0 Å². The molecule has 0 saturated carbocycles. The fourth-order valence-electron chi connectivity index (χ4n) is 18.0. The van der Waals surface area contributed by atoms with E-state index in [4.69, 9.17) is 94.7 Å². The van der Waals surface area contributed by atoms with Gasteiger partial charge in [-0.1, -0.05) is 0 Å². The zero-order chi connectivity index (χ0) is 105. The molecule has 36 N–H and O–H groups in total. The number of carbonyl (C=O) groups is 6. The molecule has 10 rings (SSSR count). The normalized spacial score (nSPS) is 45.9. The summed E-state index contributed by atoms with van der Waals surface area (Å²) in [5.74, 6) is -10.5. The van der Waals surface area contributed by atoms with Gasteiger partial charge in [0, 0.05) is 41.0 Å². The first-order valence-corrected chi connectivity index (χ1v) is 44.9. The van der Waals surface area contributed by atoms with Gasteiger partial charge < -0.3 is 280 Å². The van der Waals surface area contributed by atoms with Crippen LogP contribution < -0.4 is 26.6 Å². The van der Waals surface area contributed by atoms with Crippen LogP contribution >= 0.6 is 0 Å². The predicted molar refractivity (Wildman–Crippen MR) is 437 cm³/mol. The molecule has 10 saturated heterocycles. The highest BCUT2D eigenvalue weighted by Gasteiger charge is 2.65. The highest BCUT2D eigenvalue weighted by atomic mass is 16.8. The molecular formula is C79H133N5O57. The first kappa shape index (κ1) is 118. The lowest BCUT2D eigenvalue weighted by Gasteiger charge is -2.52. The maximum atomic E-state index is 13.6. The number of rotatable bonds is 41. The summed E-state index contributed by atoms with van der Waals surface area (Å²) in [5, 5.41) is 359. The van der Waals surface area contributed by atoms with Crippen LogP contribution in [0.25, 0.3) is 0 Å². The summed E-state index contributed by atoms with van der Waals surface area (Å²) >= 11 is 0. The summed E-state index contributed by atoms with van der Waals surface area (Å²) in [7, 11) is 0. The Morgan fingerprint density at radius 1 is 0.333 bits per heavy atom. The van der Waals surface area contributed by atoms with Gasteiger partial charge in [-0.3, -0.25) is 24.0 Å². The molecule has 0 aromatic rings. The van der Waals surface area contributed by atoms with Crippen molar-refractivity contribution in [3.63, 3.8) is 0 Å². The summed E-state index contributed by atoms with van der Waals surface area (Å²) < 4.78 is 119. The van der Waals surface area contributed by atoms with Crippen molar-refractivity contribution in [2.75, 3.05) is 66.1 Å². The number of aliphatic carboxylic acids is 1. The monoisotopic (exact) mass is 2060 g/mol. The maximum Gasteiger partial charge on any atom is 0.364 e. The number of aliphatic hydroxyl groups excluding tert-OH is 30. The van der Waals surface area contributed by atoms with Gasteiger partial charge in [0.05, 0.1) is 96.5 Å². The molecular weight excluding hydrogens is 1930 g/mol. The van der Waals surface area contributed by atoms with Crippen molar-refractivity contribution in [2.45, 2.75) is 392 Å². The second kappa shape index (κ2) is 51.4. The van der Waals surface area contributed by atoms with Crippen LogP contribution in [0, 0.1) is 0 Å². The van der Waals surface area contributed by atoms with Gasteiger partial charge >= 0.3 is 5.97 Å². The van der Waals surface area contributed by atoms with E-state index in [0.29, 0.717) is 0 Å². The molecule has 10 aliphatic heterocycles. The molecule has 10 aliphatic rings. The molecule has 62 nitrogen and oxygen atoms in total. The van der Waals surface area contributed by atoms with E-state index in [0.717, 1.165) is 34.6 Å². The minimum Gasteiger partial charge on any atom is -0.477 e. The molecule has 0 radical (unpaired) electrons. The summed E-state index contributed by atoms with van der Waals surface area (Å²) in [5.41, 5.74) is 0. The third-order valence-electron chi connectivity index (χ3n) is 25.5. The number of amides is 5. The Morgan fingerprint density at radius 2 is 0.674 bits per heavy atom. The molecule has 55 atom stereocenters. The molecule has 816 valence electrons. The van der Waals surface area contributed by atoms with Crippen LogP contribution in [0.5, 0.6) is 0 Å². The maximum absolute atomic E-state index is 13.6. The number of carboxylic acids is 1. The number of hydrogen-bond donors (Lipinski definition) is 36. The largest absolute Gasteiger partial charge is 0.477 e. The quantitative estimate of drug-likeness (QED) is 0.0270. The van der Waals surface area contributed by atoms with Crippen molar-refractivity contribution in [3.05, 3.63) is 0 Å². The average Bonchev–Trinajstić information content (AvgIpc) is 0.779. The summed E-state index contributed by atoms with van der Waals surface area (Å²) in [4.78, 5) is 78.5. The van der Waals surface area contributed by atoms with E-state index in [9.17, 15) is 187 Å². The van der Waals surface area contributed by atoms with Crippen molar-refractivity contribution in [1.29, 1.82) is 0 Å². The fraction of sp³-hybridized carbons (Fsp3) is 0.924. The van der Waals surface area contributed by atoms with Crippen LogP contribution in [0.4, 0.5) is 0 Å². The third kappa shape index (κ3) is 26.6. The van der Waals surface area contributed by atoms with E-state index in [2.05, 4.69) is 26.6 Å². The standard InChI is InChI=1S/C79H133N5O57/c1-19-41(102)50(111)53(114)72(123-19)134-62-36(17-93)131-71(40(84-25(7)98)65(62)137-74-55(116)52(113)45(106)30(11-87)125-74)139-67-47(108)31(12-88)126-75(56(67)117)133-60-34(15-91)130-70(38(49(60)110)82-23(5)96)138-66-46(107)32(13-89)127-76(57(66)118)135-61-35(16-92)129-69(39(83-24(6)97)64(61)136-73-54(115)51(112)42(103)20(2)124-73)122-18-29(101)44(105)59(26(9-85)80-21(3)94)132-77-58(119)68(48(109)33(14-90)128-77)141-79(78(120)121)8-27(99)37(81-22(4)95)63(140-79)43(104)28(100)10-86/h19-20,26-77,85-93,99-119H,8-18H2,1-7H3,(H,80,94)(H,81,95)(H,82,96)(H,83,97)(H,84,98)(H,120,121)/t19-,20-,26-,27-,28+,29+,30+,31+,32+,33+,34+,35+,36+,37+,38+,39+,40+,41+,42+,43+,44-,45-,46-,47-,48-,49+,50+,51+,52-,53-,54-,55+,56+,57+,58+,59+,60+,61+,62+,63+,64+,65+,66-,67-,68-,69+,70-,71-,72-,73-,74-,75-,76-,77-,79-/m0/s1. The van der Waals surface area contributed by atoms with Gasteiger partial charge in [0.15, 0.2) is 56.6 Å². The van der Waals surface area contributed by atoms with Crippen molar-refractivity contribution < 1.29 is 282 Å². The minimum absolute atomic E-state index is 0.879. The van der Waals surface area contributed by atoms with Crippen molar-refractivity contribution in [2.24, 2.45) is 0 Å². The van der Waals surface area contributed by atoms with E-state index in [1.807, 2.05) is 0 Å². The van der Waals surface area contributed by atoms with E-state index < -0.39 is 445 Å². The van der Waals surface area contributed by atoms with Crippen LogP contribution in [0.3, 0.4) is 0 Å². The van der Waals surface area contributed by atoms with E-state index in [-0.39, 0.29) is 0 Å². The highest BCUT2D eigenvalue weighted by Crippen LogP contribution is 2.44. The lowest BCUT2D eigenvalue weighted by atomic mass is 9.88. The Balaban J connectivity index is 0.906. The van der Waals surface area contributed by atoms with E-state index >= 15 is 0 Å². The number of hydrogen-bond acceptors (Lipinski definition) is 56. The minimum atomic E-state index is -3.35. The van der Waals surface area contributed by atoms with Crippen molar-refractivity contribution in [3.8, 4) is 0 Å². The molecule has 5 amide bonds. The molecule has 0 spiro atoms. The zero-order valence-electron chi connectivity index (χ0n) is 76.4. The van der Waals surface area contributed by atoms with Crippen LogP contribution in [-0.4, -0.2) is 597 Å². The topological polar surface area (TPSA) is 974 Å². The first-order valence-electron chi connectivity index (χ1n) is 44.9. The second-order valence-corrected chi connectivity index (χ2v) is 35.7. The Labute approximate surface area is 799 Å². The highest BCUT2D eigenvalue weighted by molar-refractivity contribution is 5.77. The van der Waals surface area contributed by atoms with Gasteiger partial charge in [-0.05, 0) is 13.8 Å². The smallest absolute Gasteiger partial charge is 0.364 e. The number of aliphatic hydroxyl groups is 30.